The van der Waals surface area contributed by atoms with Gasteiger partial charge in [-0.2, -0.15) is 9.78 Å². The van der Waals surface area contributed by atoms with Crippen molar-refractivity contribution in [3.63, 3.8) is 0 Å². The second kappa shape index (κ2) is 9.53. The summed E-state index contributed by atoms with van der Waals surface area (Å²) in [7, 11) is 1.26. The summed E-state index contributed by atoms with van der Waals surface area (Å²) in [5.41, 5.74) is 2.20. The molecule has 4 rings (SSSR count). The lowest BCUT2D eigenvalue weighted by Crippen LogP contribution is -2.19. The Labute approximate surface area is 195 Å². The molecule has 0 spiro atoms. The van der Waals surface area contributed by atoms with Crippen LogP contribution in [0.4, 0.5) is 5.82 Å². The molecule has 0 bridgehead atoms. The van der Waals surface area contributed by atoms with E-state index >= 15 is 0 Å². The largest absolute Gasteiger partial charge is 0.465 e. The van der Waals surface area contributed by atoms with Crippen LogP contribution in [0.25, 0.3) is 16.7 Å². The number of carbonyl (C=O) groups excluding carboxylic acids is 3. The molecular weight excluding hydrogens is 436 g/mol. The van der Waals surface area contributed by atoms with Gasteiger partial charge < -0.3 is 14.8 Å². The number of para-hydroxylation sites is 1. The number of hydrogen-bond acceptors (Lipinski definition) is 7. The highest BCUT2D eigenvalue weighted by atomic mass is 16.5. The smallest absolute Gasteiger partial charge is 0.343 e. The summed E-state index contributed by atoms with van der Waals surface area (Å²) >= 11 is 0. The summed E-state index contributed by atoms with van der Waals surface area (Å²) in [4.78, 5) is 42.2. The van der Waals surface area contributed by atoms with E-state index in [1.807, 2.05) is 37.3 Å². The number of nitrogens with zero attached hydrogens (tertiary/aromatic N) is 3. The van der Waals surface area contributed by atoms with Crippen LogP contribution in [0.2, 0.25) is 0 Å². The molecule has 0 fully saturated rings. The van der Waals surface area contributed by atoms with Crippen molar-refractivity contribution in [2.45, 2.75) is 13.8 Å². The molecule has 34 heavy (non-hydrogen) atoms. The van der Waals surface area contributed by atoms with Crippen molar-refractivity contribution in [3.05, 3.63) is 83.0 Å². The third kappa shape index (κ3) is 4.36. The number of methoxy groups -OCH3 is 1. The number of ether oxygens (including phenoxy) is 2. The Hall–Kier alpha value is -4.53. The highest BCUT2D eigenvalue weighted by molar-refractivity contribution is 6.08. The van der Waals surface area contributed by atoms with E-state index in [-0.39, 0.29) is 29.1 Å². The maximum atomic E-state index is 13.1. The van der Waals surface area contributed by atoms with Crippen LogP contribution in [0.5, 0.6) is 0 Å². The van der Waals surface area contributed by atoms with Gasteiger partial charge in [-0.3, -0.25) is 4.79 Å². The van der Waals surface area contributed by atoms with Crippen molar-refractivity contribution in [2.75, 3.05) is 19.0 Å². The van der Waals surface area contributed by atoms with Crippen molar-refractivity contribution in [3.8, 4) is 5.82 Å². The quantitative estimate of drug-likeness (QED) is 0.436. The Bertz CT molecular complexity index is 1410. The Morgan fingerprint density at radius 2 is 1.76 bits per heavy atom. The molecule has 0 unspecified atom stereocenters. The van der Waals surface area contributed by atoms with Gasteiger partial charge in [-0.15, -0.1) is 0 Å². The second-order valence-corrected chi connectivity index (χ2v) is 7.38. The molecule has 1 N–H and O–H groups in total. The number of rotatable bonds is 6. The summed E-state index contributed by atoms with van der Waals surface area (Å²) in [5, 5.41) is 8.02. The standard InChI is InChI=1S/C25H22N4O5/c1-4-34-25(32)19-14-26-29(21-12-15(2)18-10-5-6-11-20(18)27-21)22(19)28-23(30)16-8-7-9-17(13-16)24(31)33-3/h5-14H,4H2,1-3H3,(H,28,30). The SMILES string of the molecule is CCOC(=O)c1cnn(-c2cc(C)c3ccccc3n2)c1NC(=O)c1cccc(C(=O)OC)c1. The van der Waals surface area contributed by atoms with Crippen LogP contribution < -0.4 is 5.32 Å². The predicted molar refractivity (Wildman–Crippen MR) is 125 cm³/mol. The molecule has 2 heterocycles. The van der Waals surface area contributed by atoms with Crippen LogP contribution >= 0.6 is 0 Å². The third-order valence-corrected chi connectivity index (χ3v) is 5.17. The zero-order chi connectivity index (χ0) is 24.2. The van der Waals surface area contributed by atoms with Gasteiger partial charge in [-0.05, 0) is 49.7 Å². The van der Waals surface area contributed by atoms with Crippen LogP contribution in [-0.2, 0) is 9.47 Å². The average Bonchev–Trinajstić information content (AvgIpc) is 3.27. The third-order valence-electron chi connectivity index (χ3n) is 5.17. The number of carbonyl (C=O) groups is 3. The van der Waals surface area contributed by atoms with E-state index in [4.69, 9.17) is 9.47 Å². The van der Waals surface area contributed by atoms with Crippen LogP contribution in [0.1, 0.15) is 43.6 Å². The van der Waals surface area contributed by atoms with Gasteiger partial charge in [0.1, 0.15) is 5.56 Å². The number of esters is 2. The molecule has 2 aromatic carbocycles. The molecule has 9 nitrogen and oxygen atoms in total. The number of amides is 1. The number of aromatic nitrogens is 3. The minimum Gasteiger partial charge on any atom is -0.465 e. The molecule has 0 radical (unpaired) electrons. The molecule has 172 valence electrons. The fourth-order valence-electron chi connectivity index (χ4n) is 3.53. The van der Waals surface area contributed by atoms with Gasteiger partial charge in [0.2, 0.25) is 0 Å². The lowest BCUT2D eigenvalue weighted by atomic mass is 10.1. The van der Waals surface area contributed by atoms with Crippen molar-refractivity contribution in [1.82, 2.24) is 14.8 Å². The Balaban J connectivity index is 1.78. The monoisotopic (exact) mass is 458 g/mol. The first-order valence-corrected chi connectivity index (χ1v) is 10.5. The summed E-state index contributed by atoms with van der Waals surface area (Å²) in [6.07, 6.45) is 1.32. The fourth-order valence-corrected chi connectivity index (χ4v) is 3.53. The van der Waals surface area contributed by atoms with Crippen LogP contribution in [0.15, 0.2) is 60.8 Å². The van der Waals surface area contributed by atoms with E-state index in [0.29, 0.717) is 5.82 Å². The second-order valence-electron chi connectivity index (χ2n) is 7.38. The van der Waals surface area contributed by atoms with Crippen LogP contribution in [-0.4, -0.2) is 46.3 Å². The van der Waals surface area contributed by atoms with E-state index in [1.54, 1.807) is 25.1 Å². The predicted octanol–water partition coefficient (Wildman–Crippen LogP) is 3.94. The highest BCUT2D eigenvalue weighted by Gasteiger charge is 2.23. The first-order valence-electron chi connectivity index (χ1n) is 10.5. The van der Waals surface area contributed by atoms with E-state index < -0.39 is 17.8 Å². The maximum absolute atomic E-state index is 13.1. The molecule has 1 amide bonds. The van der Waals surface area contributed by atoms with Crippen molar-refractivity contribution in [2.24, 2.45) is 0 Å². The van der Waals surface area contributed by atoms with Crippen LogP contribution in [0.3, 0.4) is 0 Å². The highest BCUT2D eigenvalue weighted by Crippen LogP contribution is 2.25. The first-order chi connectivity index (χ1) is 16.4. The van der Waals surface area contributed by atoms with Crippen LogP contribution in [0, 0.1) is 6.92 Å². The van der Waals surface area contributed by atoms with Crippen molar-refractivity contribution in [1.29, 1.82) is 0 Å². The van der Waals surface area contributed by atoms with Gasteiger partial charge >= 0.3 is 11.9 Å². The topological polar surface area (TPSA) is 112 Å². The lowest BCUT2D eigenvalue weighted by molar-refractivity contribution is 0.0526. The number of nitrogens with one attached hydrogen (secondary N) is 1. The molecule has 0 aliphatic carbocycles. The maximum Gasteiger partial charge on any atom is 0.343 e. The van der Waals surface area contributed by atoms with E-state index in [0.717, 1.165) is 16.5 Å². The van der Waals surface area contributed by atoms with E-state index in [1.165, 1.54) is 24.1 Å². The lowest BCUT2D eigenvalue weighted by Gasteiger charge is -2.12. The number of pyridine rings is 1. The summed E-state index contributed by atoms with van der Waals surface area (Å²) in [5.74, 6) is -1.22. The molecule has 0 atom stereocenters. The van der Waals surface area contributed by atoms with Gasteiger partial charge in [0.25, 0.3) is 5.91 Å². The summed E-state index contributed by atoms with van der Waals surface area (Å²) in [6.45, 7) is 3.79. The molecule has 2 aromatic heterocycles. The van der Waals surface area contributed by atoms with Gasteiger partial charge in [0, 0.05) is 10.9 Å². The number of benzene rings is 2. The molecule has 0 aliphatic heterocycles. The molecule has 0 aliphatic rings. The number of fused-ring (bicyclic) bond motifs is 1. The Morgan fingerprint density at radius 3 is 2.53 bits per heavy atom. The van der Waals surface area contributed by atoms with Crippen molar-refractivity contribution < 1.29 is 23.9 Å². The van der Waals surface area contributed by atoms with Gasteiger partial charge in [-0.1, -0.05) is 24.3 Å². The van der Waals surface area contributed by atoms with Gasteiger partial charge in [-0.25, -0.2) is 14.6 Å². The van der Waals surface area contributed by atoms with Gasteiger partial charge in [0.15, 0.2) is 11.6 Å². The molecule has 0 saturated carbocycles. The van der Waals surface area contributed by atoms with Gasteiger partial charge in [0.05, 0.1) is 31.0 Å². The molecule has 4 aromatic rings. The van der Waals surface area contributed by atoms with Crippen molar-refractivity contribution >= 4 is 34.6 Å². The summed E-state index contributed by atoms with van der Waals surface area (Å²) in [6, 6.07) is 15.5. The zero-order valence-electron chi connectivity index (χ0n) is 18.9. The molecule has 9 heteroatoms. The minimum absolute atomic E-state index is 0.0759. The first kappa shape index (κ1) is 22.7. The zero-order valence-corrected chi connectivity index (χ0v) is 18.9. The average molecular weight is 458 g/mol. The Morgan fingerprint density at radius 1 is 1.00 bits per heavy atom. The normalized spacial score (nSPS) is 10.7. The fraction of sp³-hybridized carbons (Fsp3) is 0.160. The van der Waals surface area contributed by atoms with E-state index in [9.17, 15) is 14.4 Å². The molecule has 0 saturated heterocycles. The molecular formula is C25H22N4O5. The number of hydrogen-bond donors (Lipinski definition) is 1. The number of anilines is 1. The van der Waals surface area contributed by atoms with E-state index in [2.05, 4.69) is 15.4 Å². The minimum atomic E-state index is -0.634. The Kier molecular flexibility index (Phi) is 6.35. The summed E-state index contributed by atoms with van der Waals surface area (Å²) < 4.78 is 11.2. The number of aryl methyl sites for hydroxylation is 1.